The third-order valence-electron chi connectivity index (χ3n) is 4.36. The van der Waals surface area contributed by atoms with Crippen molar-refractivity contribution in [3.63, 3.8) is 0 Å². The number of likely N-dealkylation sites (tertiary alicyclic amines) is 1. The van der Waals surface area contributed by atoms with Crippen molar-refractivity contribution in [2.75, 3.05) is 39.8 Å². The van der Waals surface area contributed by atoms with Crippen molar-refractivity contribution in [2.24, 2.45) is 5.92 Å². The number of hydrogen-bond donors (Lipinski definition) is 2. The fourth-order valence-corrected chi connectivity index (χ4v) is 3.66. The summed E-state index contributed by atoms with van der Waals surface area (Å²) in [6.07, 6.45) is 2.44. The molecular formula is C16H27N3O2S. The van der Waals surface area contributed by atoms with E-state index in [1.165, 1.54) is 22.6 Å². The number of carbonyl (C=O) groups excluding carboxylic acids is 1. The molecule has 0 bridgehead atoms. The van der Waals surface area contributed by atoms with E-state index in [-0.39, 0.29) is 18.7 Å². The number of carbonyl (C=O) groups is 1. The molecule has 2 heterocycles. The van der Waals surface area contributed by atoms with Gasteiger partial charge in [0.25, 0.3) is 0 Å². The molecule has 2 amide bonds. The minimum absolute atomic E-state index is 0.0116. The summed E-state index contributed by atoms with van der Waals surface area (Å²) in [5.41, 5.74) is 0. The van der Waals surface area contributed by atoms with Gasteiger partial charge in [-0.3, -0.25) is 4.90 Å². The lowest BCUT2D eigenvalue weighted by molar-refractivity contribution is 0.135. The van der Waals surface area contributed by atoms with Crippen molar-refractivity contribution in [3.8, 4) is 0 Å². The molecule has 2 rings (SSSR count). The lowest BCUT2D eigenvalue weighted by Crippen LogP contribution is -2.45. The Bertz CT molecular complexity index is 444. The maximum Gasteiger partial charge on any atom is 0.317 e. The standard InChI is InChI=1S/C16H27N3O2S/c1-13-5-7-19(8-6-13)14(15-4-3-11-22-15)12-17-16(21)18(2)9-10-20/h3-4,11,13-14,20H,5-10,12H2,1-2H3,(H,17,21). The number of thiophene rings is 1. The van der Waals surface area contributed by atoms with Gasteiger partial charge in [-0.2, -0.15) is 0 Å². The first-order chi connectivity index (χ1) is 10.6. The smallest absolute Gasteiger partial charge is 0.317 e. The number of rotatable bonds is 6. The van der Waals surface area contributed by atoms with Crippen LogP contribution in [-0.4, -0.2) is 60.8 Å². The summed E-state index contributed by atoms with van der Waals surface area (Å²) < 4.78 is 0. The molecule has 1 aliphatic heterocycles. The van der Waals surface area contributed by atoms with E-state index in [0.29, 0.717) is 13.1 Å². The fraction of sp³-hybridized carbons (Fsp3) is 0.688. The van der Waals surface area contributed by atoms with Crippen molar-refractivity contribution < 1.29 is 9.90 Å². The Balaban J connectivity index is 1.95. The first kappa shape index (κ1) is 17.2. The summed E-state index contributed by atoms with van der Waals surface area (Å²) in [6, 6.07) is 4.34. The third-order valence-corrected chi connectivity index (χ3v) is 5.33. The van der Waals surface area contributed by atoms with Crippen LogP contribution >= 0.6 is 11.3 Å². The molecule has 0 aliphatic carbocycles. The van der Waals surface area contributed by atoms with Gasteiger partial charge < -0.3 is 15.3 Å². The van der Waals surface area contributed by atoms with Crippen LogP contribution in [0.15, 0.2) is 17.5 Å². The van der Waals surface area contributed by atoms with E-state index >= 15 is 0 Å². The van der Waals surface area contributed by atoms with Crippen molar-refractivity contribution >= 4 is 17.4 Å². The first-order valence-corrected chi connectivity index (χ1v) is 8.87. The van der Waals surface area contributed by atoms with Gasteiger partial charge in [-0.1, -0.05) is 13.0 Å². The molecule has 2 N–H and O–H groups in total. The molecular weight excluding hydrogens is 298 g/mol. The predicted octanol–water partition coefficient (Wildman–Crippen LogP) is 2.15. The van der Waals surface area contributed by atoms with E-state index in [1.807, 2.05) is 0 Å². The molecule has 1 aromatic rings. The average Bonchev–Trinajstić information content (AvgIpc) is 3.03. The van der Waals surface area contributed by atoms with Gasteiger partial charge >= 0.3 is 6.03 Å². The van der Waals surface area contributed by atoms with Crippen molar-refractivity contribution in [2.45, 2.75) is 25.8 Å². The van der Waals surface area contributed by atoms with E-state index in [0.717, 1.165) is 19.0 Å². The normalized spacial score (nSPS) is 18.1. The quantitative estimate of drug-likeness (QED) is 0.843. The summed E-state index contributed by atoms with van der Waals surface area (Å²) in [5.74, 6) is 0.797. The van der Waals surface area contributed by atoms with Gasteiger partial charge in [0.15, 0.2) is 0 Å². The average molecular weight is 325 g/mol. The Morgan fingerprint density at radius 1 is 1.55 bits per heavy atom. The van der Waals surface area contributed by atoms with Crippen LogP contribution < -0.4 is 5.32 Å². The van der Waals surface area contributed by atoms with E-state index in [2.05, 4.69) is 34.7 Å². The van der Waals surface area contributed by atoms with Crippen LogP contribution in [0, 0.1) is 5.92 Å². The van der Waals surface area contributed by atoms with Crippen LogP contribution in [0.5, 0.6) is 0 Å². The highest BCUT2D eigenvalue weighted by Crippen LogP contribution is 2.29. The number of urea groups is 1. The van der Waals surface area contributed by atoms with Gasteiger partial charge in [-0.25, -0.2) is 4.79 Å². The molecule has 6 heteroatoms. The lowest BCUT2D eigenvalue weighted by atomic mass is 9.97. The van der Waals surface area contributed by atoms with E-state index in [4.69, 9.17) is 5.11 Å². The van der Waals surface area contributed by atoms with Gasteiger partial charge in [-0.05, 0) is 43.3 Å². The second-order valence-corrected chi connectivity index (χ2v) is 7.06. The number of hydrogen-bond acceptors (Lipinski definition) is 4. The largest absolute Gasteiger partial charge is 0.395 e. The Labute approximate surface area is 136 Å². The van der Waals surface area contributed by atoms with Crippen LogP contribution in [0.2, 0.25) is 0 Å². The molecule has 0 spiro atoms. The molecule has 1 saturated heterocycles. The molecule has 0 radical (unpaired) electrons. The Morgan fingerprint density at radius 3 is 2.86 bits per heavy atom. The van der Waals surface area contributed by atoms with E-state index < -0.39 is 0 Å². The minimum atomic E-state index is -0.124. The topological polar surface area (TPSA) is 55.8 Å². The van der Waals surface area contributed by atoms with Crippen LogP contribution in [0.3, 0.4) is 0 Å². The molecule has 1 unspecified atom stereocenters. The molecule has 1 aliphatic rings. The zero-order valence-electron chi connectivity index (χ0n) is 13.5. The van der Waals surface area contributed by atoms with Gasteiger partial charge in [-0.15, -0.1) is 11.3 Å². The van der Waals surface area contributed by atoms with Crippen LogP contribution in [0.1, 0.15) is 30.7 Å². The fourth-order valence-electron chi connectivity index (χ4n) is 2.80. The summed E-state index contributed by atoms with van der Waals surface area (Å²) in [6.45, 7) is 5.45. The molecule has 0 aromatic carbocycles. The third kappa shape index (κ3) is 4.69. The molecule has 0 saturated carbocycles. The van der Waals surface area contributed by atoms with Gasteiger partial charge in [0.2, 0.25) is 0 Å². The molecule has 1 atom stereocenters. The van der Waals surface area contributed by atoms with E-state index in [9.17, 15) is 4.79 Å². The summed E-state index contributed by atoms with van der Waals surface area (Å²) >= 11 is 1.75. The summed E-state index contributed by atoms with van der Waals surface area (Å²) in [5, 5.41) is 14.0. The molecule has 1 fully saturated rings. The van der Waals surface area contributed by atoms with Crippen LogP contribution in [0.25, 0.3) is 0 Å². The van der Waals surface area contributed by atoms with Gasteiger partial charge in [0, 0.05) is 25.0 Å². The number of nitrogens with zero attached hydrogens (tertiary/aromatic N) is 2. The Hall–Kier alpha value is -1.11. The van der Waals surface area contributed by atoms with Crippen LogP contribution in [-0.2, 0) is 0 Å². The number of likely N-dealkylation sites (N-methyl/N-ethyl adjacent to an activating group) is 1. The summed E-state index contributed by atoms with van der Waals surface area (Å²) in [7, 11) is 1.70. The highest BCUT2D eigenvalue weighted by molar-refractivity contribution is 7.10. The molecule has 1 aromatic heterocycles. The molecule has 5 nitrogen and oxygen atoms in total. The number of nitrogens with one attached hydrogen (secondary N) is 1. The number of aliphatic hydroxyl groups is 1. The number of amides is 2. The Kier molecular flexibility index (Phi) is 6.67. The predicted molar refractivity (Wildman–Crippen MR) is 90.1 cm³/mol. The monoisotopic (exact) mass is 325 g/mol. The van der Waals surface area contributed by atoms with Crippen molar-refractivity contribution in [3.05, 3.63) is 22.4 Å². The zero-order valence-corrected chi connectivity index (χ0v) is 14.3. The van der Waals surface area contributed by atoms with E-state index in [1.54, 1.807) is 18.4 Å². The van der Waals surface area contributed by atoms with Gasteiger partial charge in [0.1, 0.15) is 0 Å². The molecule has 124 valence electrons. The van der Waals surface area contributed by atoms with Gasteiger partial charge in [0.05, 0.1) is 12.6 Å². The van der Waals surface area contributed by atoms with Crippen molar-refractivity contribution in [1.29, 1.82) is 0 Å². The van der Waals surface area contributed by atoms with Crippen molar-refractivity contribution in [1.82, 2.24) is 15.1 Å². The van der Waals surface area contributed by atoms with Crippen LogP contribution in [0.4, 0.5) is 4.79 Å². The first-order valence-electron chi connectivity index (χ1n) is 7.99. The number of aliphatic hydroxyl groups excluding tert-OH is 1. The Morgan fingerprint density at radius 2 is 2.27 bits per heavy atom. The second-order valence-electron chi connectivity index (χ2n) is 6.08. The minimum Gasteiger partial charge on any atom is -0.395 e. The lowest BCUT2D eigenvalue weighted by Gasteiger charge is -2.36. The SMILES string of the molecule is CC1CCN(C(CNC(=O)N(C)CCO)c2cccs2)CC1. The second kappa shape index (κ2) is 8.50. The highest BCUT2D eigenvalue weighted by atomic mass is 32.1. The highest BCUT2D eigenvalue weighted by Gasteiger charge is 2.26. The zero-order chi connectivity index (χ0) is 15.9. The number of piperidine rings is 1. The maximum absolute atomic E-state index is 12.0. The molecule has 22 heavy (non-hydrogen) atoms. The summed E-state index contributed by atoms with van der Waals surface area (Å²) in [4.78, 5) is 17.3. The maximum atomic E-state index is 12.0.